The molecule has 0 aromatic heterocycles. The molecule has 0 fully saturated rings. The second-order valence-electron chi connectivity index (χ2n) is 3.23. The lowest BCUT2D eigenvalue weighted by Gasteiger charge is -2.08. The quantitative estimate of drug-likeness (QED) is 0.686. The Balaban J connectivity index is 2.72. The van der Waals surface area contributed by atoms with Crippen molar-refractivity contribution in [2.24, 2.45) is 0 Å². The van der Waals surface area contributed by atoms with E-state index >= 15 is 0 Å². The van der Waals surface area contributed by atoms with Crippen molar-refractivity contribution in [3.05, 3.63) is 28.2 Å². The van der Waals surface area contributed by atoms with Crippen LogP contribution in [-0.4, -0.2) is 23.9 Å². The molecule has 0 aliphatic heterocycles. The van der Waals surface area contributed by atoms with Crippen LogP contribution < -0.4 is 0 Å². The summed E-state index contributed by atoms with van der Waals surface area (Å²) in [5.74, 6) is 0.0276. The molecule has 1 N–H and O–H groups in total. The van der Waals surface area contributed by atoms with E-state index in [4.69, 9.17) is 0 Å². The zero-order chi connectivity index (χ0) is 12.1. The van der Waals surface area contributed by atoms with Gasteiger partial charge in [-0.25, -0.2) is 0 Å². The Bertz CT molecular complexity index is 379. The number of carbonyl (C=O) groups is 1. The summed E-state index contributed by atoms with van der Waals surface area (Å²) in [4.78, 5) is 11.9. The van der Waals surface area contributed by atoms with Gasteiger partial charge in [-0.1, -0.05) is 6.07 Å². The minimum atomic E-state index is -0.490. The molecular formula is C11H13BrO3S. The highest BCUT2D eigenvalue weighted by Crippen LogP contribution is 2.30. The molecule has 0 saturated heterocycles. The Morgan fingerprint density at radius 3 is 2.81 bits per heavy atom. The fourth-order valence-corrected chi connectivity index (χ4v) is 2.58. The van der Waals surface area contributed by atoms with Crippen molar-refractivity contribution >= 4 is 33.7 Å². The summed E-state index contributed by atoms with van der Waals surface area (Å²) in [5.41, 5.74) is 0.842. The molecule has 0 bridgehead atoms. The van der Waals surface area contributed by atoms with E-state index in [9.17, 15) is 9.90 Å². The number of halogens is 1. The standard InChI is InChI=1S/C11H13BrO3S/c1-7(13)8-3-4-10(9(12)5-8)16-6-11(14)15-2/h3-5,7,13H,6H2,1-2H3. The summed E-state index contributed by atoms with van der Waals surface area (Å²) >= 11 is 4.80. The van der Waals surface area contributed by atoms with Crippen LogP contribution in [0, 0.1) is 0 Å². The minimum Gasteiger partial charge on any atom is -0.468 e. The Labute approximate surface area is 107 Å². The van der Waals surface area contributed by atoms with Crippen LogP contribution in [0.3, 0.4) is 0 Å². The van der Waals surface area contributed by atoms with Gasteiger partial charge in [-0.2, -0.15) is 0 Å². The van der Waals surface area contributed by atoms with Gasteiger partial charge < -0.3 is 9.84 Å². The number of aliphatic hydroxyl groups is 1. The lowest BCUT2D eigenvalue weighted by Crippen LogP contribution is -2.03. The average Bonchev–Trinajstić information content (AvgIpc) is 2.26. The van der Waals surface area contributed by atoms with E-state index in [0.717, 1.165) is 14.9 Å². The van der Waals surface area contributed by atoms with Crippen LogP contribution in [0.15, 0.2) is 27.6 Å². The number of esters is 1. The Hall–Kier alpha value is -0.520. The summed E-state index contributed by atoms with van der Waals surface area (Å²) in [6, 6.07) is 5.57. The molecule has 1 atom stereocenters. The molecule has 0 aliphatic carbocycles. The van der Waals surface area contributed by atoms with Crippen molar-refractivity contribution in [3.63, 3.8) is 0 Å². The van der Waals surface area contributed by atoms with Crippen molar-refractivity contribution in [2.45, 2.75) is 17.9 Å². The number of carbonyl (C=O) groups excluding carboxylic acids is 1. The number of benzene rings is 1. The molecule has 0 radical (unpaired) electrons. The van der Waals surface area contributed by atoms with Gasteiger partial charge in [-0.05, 0) is 40.5 Å². The van der Waals surface area contributed by atoms with Gasteiger partial charge in [0.05, 0.1) is 19.0 Å². The predicted octanol–water partition coefficient (Wildman–Crippen LogP) is 2.77. The number of rotatable bonds is 4. The molecule has 0 spiro atoms. The Morgan fingerprint density at radius 1 is 1.62 bits per heavy atom. The van der Waals surface area contributed by atoms with Crippen LogP contribution in [-0.2, 0) is 9.53 Å². The van der Waals surface area contributed by atoms with Gasteiger partial charge in [0, 0.05) is 9.37 Å². The van der Waals surface area contributed by atoms with Crippen molar-refractivity contribution in [1.29, 1.82) is 0 Å². The number of hydrogen-bond acceptors (Lipinski definition) is 4. The van der Waals surface area contributed by atoms with Crippen LogP contribution in [0.25, 0.3) is 0 Å². The smallest absolute Gasteiger partial charge is 0.315 e. The molecule has 1 unspecified atom stereocenters. The van der Waals surface area contributed by atoms with Gasteiger partial charge >= 0.3 is 5.97 Å². The highest BCUT2D eigenvalue weighted by atomic mass is 79.9. The number of aliphatic hydroxyl groups excluding tert-OH is 1. The van der Waals surface area contributed by atoms with Crippen molar-refractivity contribution in [3.8, 4) is 0 Å². The third-order valence-corrected chi connectivity index (χ3v) is 3.98. The van der Waals surface area contributed by atoms with Gasteiger partial charge in [0.15, 0.2) is 0 Å². The summed E-state index contributed by atoms with van der Waals surface area (Å²) in [7, 11) is 1.37. The maximum atomic E-state index is 11.0. The largest absolute Gasteiger partial charge is 0.468 e. The van der Waals surface area contributed by atoms with Crippen molar-refractivity contribution in [2.75, 3.05) is 12.9 Å². The summed E-state index contributed by atoms with van der Waals surface area (Å²) in [6.45, 7) is 1.71. The first-order valence-corrected chi connectivity index (χ1v) is 6.49. The molecule has 0 aliphatic rings. The van der Waals surface area contributed by atoms with Crippen LogP contribution in [0.2, 0.25) is 0 Å². The molecule has 3 nitrogen and oxygen atoms in total. The Kier molecular flexibility index (Phi) is 5.31. The fourth-order valence-electron chi connectivity index (χ4n) is 1.09. The molecule has 1 aromatic rings. The predicted molar refractivity (Wildman–Crippen MR) is 67.5 cm³/mol. The second-order valence-corrected chi connectivity index (χ2v) is 5.10. The SMILES string of the molecule is COC(=O)CSc1ccc(C(C)O)cc1Br. The van der Waals surface area contributed by atoms with Crippen LogP contribution in [0.4, 0.5) is 0 Å². The zero-order valence-corrected chi connectivity index (χ0v) is 11.5. The number of methoxy groups -OCH3 is 1. The first-order chi connectivity index (χ1) is 7.54. The van der Waals surface area contributed by atoms with E-state index in [1.54, 1.807) is 6.92 Å². The van der Waals surface area contributed by atoms with Crippen molar-refractivity contribution in [1.82, 2.24) is 0 Å². The zero-order valence-electron chi connectivity index (χ0n) is 9.07. The van der Waals surface area contributed by atoms with Crippen LogP contribution in [0.5, 0.6) is 0 Å². The first kappa shape index (κ1) is 13.5. The van der Waals surface area contributed by atoms with E-state index in [1.165, 1.54) is 18.9 Å². The van der Waals surface area contributed by atoms with Crippen LogP contribution in [0.1, 0.15) is 18.6 Å². The highest BCUT2D eigenvalue weighted by Gasteiger charge is 2.08. The van der Waals surface area contributed by atoms with E-state index in [0.29, 0.717) is 0 Å². The van der Waals surface area contributed by atoms with Gasteiger partial charge in [0.1, 0.15) is 0 Å². The molecule has 16 heavy (non-hydrogen) atoms. The highest BCUT2D eigenvalue weighted by molar-refractivity contribution is 9.10. The molecule has 1 rings (SSSR count). The summed E-state index contributed by atoms with van der Waals surface area (Å²) in [6.07, 6.45) is -0.490. The summed E-state index contributed by atoms with van der Waals surface area (Å²) < 4.78 is 5.43. The fraction of sp³-hybridized carbons (Fsp3) is 0.364. The molecular weight excluding hydrogens is 292 g/mol. The monoisotopic (exact) mass is 304 g/mol. The van der Waals surface area contributed by atoms with E-state index in [1.807, 2.05) is 18.2 Å². The van der Waals surface area contributed by atoms with Gasteiger partial charge in [0.25, 0.3) is 0 Å². The maximum Gasteiger partial charge on any atom is 0.315 e. The maximum absolute atomic E-state index is 11.0. The van der Waals surface area contributed by atoms with E-state index in [2.05, 4.69) is 20.7 Å². The molecule has 0 saturated carbocycles. The number of thioether (sulfide) groups is 1. The van der Waals surface area contributed by atoms with Gasteiger partial charge in [0.2, 0.25) is 0 Å². The van der Waals surface area contributed by atoms with E-state index in [-0.39, 0.29) is 11.7 Å². The summed E-state index contributed by atoms with van der Waals surface area (Å²) in [5, 5.41) is 9.39. The van der Waals surface area contributed by atoms with E-state index < -0.39 is 6.10 Å². The first-order valence-electron chi connectivity index (χ1n) is 4.71. The normalized spacial score (nSPS) is 12.2. The van der Waals surface area contributed by atoms with Gasteiger partial charge in [-0.3, -0.25) is 4.79 Å². The molecule has 0 heterocycles. The lowest BCUT2D eigenvalue weighted by molar-refractivity contribution is -0.137. The van der Waals surface area contributed by atoms with Crippen molar-refractivity contribution < 1.29 is 14.6 Å². The Morgan fingerprint density at radius 2 is 2.31 bits per heavy atom. The molecule has 88 valence electrons. The molecule has 1 aromatic carbocycles. The topological polar surface area (TPSA) is 46.5 Å². The lowest BCUT2D eigenvalue weighted by atomic mass is 10.1. The number of hydrogen-bond donors (Lipinski definition) is 1. The van der Waals surface area contributed by atoms with Crippen LogP contribution >= 0.6 is 27.7 Å². The molecule has 5 heteroatoms. The molecule has 0 amide bonds. The minimum absolute atomic E-state index is 0.253. The average molecular weight is 305 g/mol. The third-order valence-electron chi connectivity index (χ3n) is 2.01. The van der Waals surface area contributed by atoms with Gasteiger partial charge in [-0.15, -0.1) is 11.8 Å². The number of ether oxygens (including phenoxy) is 1. The second kappa shape index (κ2) is 6.27. The third kappa shape index (κ3) is 3.81.